The van der Waals surface area contributed by atoms with Crippen LogP contribution in [0.5, 0.6) is 5.75 Å². The minimum atomic E-state index is -0.547. The highest BCUT2D eigenvalue weighted by molar-refractivity contribution is 5.91. The van der Waals surface area contributed by atoms with E-state index in [4.69, 9.17) is 4.74 Å². The number of hydrogen-bond donors (Lipinski definition) is 1. The number of pyridine rings is 1. The SMILES string of the molecule is Cc1ncc(O)cc1C(=O)OC(C)(C)C. The molecule has 1 aromatic heterocycles. The highest BCUT2D eigenvalue weighted by atomic mass is 16.6. The van der Waals surface area contributed by atoms with E-state index in [1.807, 2.05) is 0 Å². The Balaban J connectivity index is 2.96. The number of aromatic nitrogens is 1. The van der Waals surface area contributed by atoms with E-state index in [1.54, 1.807) is 27.7 Å². The van der Waals surface area contributed by atoms with Gasteiger partial charge in [-0.2, -0.15) is 0 Å². The van der Waals surface area contributed by atoms with Gasteiger partial charge in [-0.25, -0.2) is 4.79 Å². The van der Waals surface area contributed by atoms with Gasteiger partial charge in [-0.15, -0.1) is 0 Å². The summed E-state index contributed by atoms with van der Waals surface area (Å²) in [5.41, 5.74) is 0.293. The molecule has 15 heavy (non-hydrogen) atoms. The zero-order valence-corrected chi connectivity index (χ0v) is 9.37. The molecule has 0 amide bonds. The molecule has 4 nitrogen and oxygen atoms in total. The summed E-state index contributed by atoms with van der Waals surface area (Å²) in [6.45, 7) is 7.06. The van der Waals surface area contributed by atoms with Crippen LogP contribution in [0.3, 0.4) is 0 Å². The molecule has 1 heterocycles. The van der Waals surface area contributed by atoms with E-state index in [1.165, 1.54) is 12.3 Å². The van der Waals surface area contributed by atoms with Gasteiger partial charge in [-0.1, -0.05) is 0 Å². The molecule has 1 aromatic rings. The van der Waals surface area contributed by atoms with Gasteiger partial charge >= 0.3 is 5.97 Å². The maximum atomic E-state index is 11.7. The van der Waals surface area contributed by atoms with Crippen LogP contribution in [0.1, 0.15) is 36.8 Å². The van der Waals surface area contributed by atoms with Crippen molar-refractivity contribution in [3.05, 3.63) is 23.5 Å². The van der Waals surface area contributed by atoms with Gasteiger partial charge in [0.25, 0.3) is 0 Å². The fourth-order valence-electron chi connectivity index (χ4n) is 1.06. The number of hydrogen-bond acceptors (Lipinski definition) is 4. The van der Waals surface area contributed by atoms with Gasteiger partial charge in [-0.3, -0.25) is 4.98 Å². The minimum absolute atomic E-state index is 0.0403. The summed E-state index contributed by atoms with van der Waals surface area (Å²) in [6.07, 6.45) is 1.29. The lowest BCUT2D eigenvalue weighted by Gasteiger charge is -2.19. The Labute approximate surface area is 88.9 Å². The minimum Gasteiger partial charge on any atom is -0.506 e. The van der Waals surface area contributed by atoms with Crippen LogP contribution < -0.4 is 0 Å². The molecule has 0 spiro atoms. The second-order valence-corrected chi connectivity index (χ2v) is 4.33. The van der Waals surface area contributed by atoms with E-state index in [-0.39, 0.29) is 5.75 Å². The van der Waals surface area contributed by atoms with Crippen LogP contribution in [0.4, 0.5) is 0 Å². The number of esters is 1. The number of carbonyl (C=O) groups excluding carboxylic acids is 1. The molecule has 0 unspecified atom stereocenters. The second kappa shape index (κ2) is 3.88. The lowest BCUT2D eigenvalue weighted by molar-refractivity contribution is 0.00678. The van der Waals surface area contributed by atoms with Crippen LogP contribution in [0.2, 0.25) is 0 Å². The monoisotopic (exact) mass is 209 g/mol. The number of aryl methyl sites for hydroxylation is 1. The molecule has 0 saturated heterocycles. The topological polar surface area (TPSA) is 59.4 Å². The molecular weight excluding hydrogens is 194 g/mol. The largest absolute Gasteiger partial charge is 0.506 e. The number of nitrogens with zero attached hydrogens (tertiary/aromatic N) is 1. The Kier molecular flexibility index (Phi) is 2.98. The van der Waals surface area contributed by atoms with Crippen molar-refractivity contribution < 1.29 is 14.6 Å². The summed E-state index contributed by atoms with van der Waals surface area (Å²) in [5, 5.41) is 9.21. The van der Waals surface area contributed by atoms with Crippen molar-refractivity contribution in [1.29, 1.82) is 0 Å². The van der Waals surface area contributed by atoms with Crippen molar-refractivity contribution in [2.45, 2.75) is 33.3 Å². The first kappa shape index (κ1) is 11.5. The van der Waals surface area contributed by atoms with Crippen LogP contribution in [-0.2, 0) is 4.74 Å². The van der Waals surface area contributed by atoms with Gasteiger partial charge in [-0.05, 0) is 33.8 Å². The van der Waals surface area contributed by atoms with E-state index < -0.39 is 11.6 Å². The van der Waals surface area contributed by atoms with Gasteiger partial charge < -0.3 is 9.84 Å². The first-order valence-electron chi connectivity index (χ1n) is 4.68. The van der Waals surface area contributed by atoms with Gasteiger partial charge in [0, 0.05) is 0 Å². The van der Waals surface area contributed by atoms with Gasteiger partial charge in [0.15, 0.2) is 0 Å². The average Bonchev–Trinajstić information content (AvgIpc) is 2.06. The molecule has 0 aliphatic rings. The fourth-order valence-corrected chi connectivity index (χ4v) is 1.06. The third kappa shape index (κ3) is 3.23. The molecule has 0 saturated carbocycles. The number of ether oxygens (including phenoxy) is 1. The molecule has 0 bridgehead atoms. The van der Waals surface area contributed by atoms with E-state index in [9.17, 15) is 9.90 Å². The third-order valence-electron chi connectivity index (χ3n) is 1.69. The van der Waals surface area contributed by atoms with Crippen molar-refractivity contribution in [3.8, 4) is 5.75 Å². The molecule has 0 fully saturated rings. The molecule has 82 valence electrons. The molecule has 0 aromatic carbocycles. The molecule has 0 aliphatic heterocycles. The lowest BCUT2D eigenvalue weighted by Crippen LogP contribution is -2.24. The molecular formula is C11H15NO3. The summed E-state index contributed by atoms with van der Waals surface area (Å²) >= 11 is 0. The Bertz CT molecular complexity index is 380. The maximum Gasteiger partial charge on any atom is 0.340 e. The van der Waals surface area contributed by atoms with Crippen LogP contribution >= 0.6 is 0 Å². The molecule has 0 aliphatic carbocycles. The van der Waals surface area contributed by atoms with Gasteiger partial charge in [0.1, 0.15) is 11.4 Å². The summed E-state index contributed by atoms with van der Waals surface area (Å²) in [5.74, 6) is -0.509. The molecule has 4 heteroatoms. The fraction of sp³-hybridized carbons (Fsp3) is 0.455. The lowest BCUT2D eigenvalue weighted by atomic mass is 10.1. The van der Waals surface area contributed by atoms with Crippen molar-refractivity contribution >= 4 is 5.97 Å². The Hall–Kier alpha value is -1.58. The molecule has 0 atom stereocenters. The number of aromatic hydroxyl groups is 1. The highest BCUT2D eigenvalue weighted by Crippen LogP contribution is 2.17. The van der Waals surface area contributed by atoms with E-state index in [0.29, 0.717) is 11.3 Å². The average molecular weight is 209 g/mol. The first-order chi connectivity index (χ1) is 6.79. The number of carbonyl (C=O) groups is 1. The van der Waals surface area contributed by atoms with E-state index >= 15 is 0 Å². The Morgan fingerprint density at radius 1 is 1.47 bits per heavy atom. The predicted octanol–water partition coefficient (Wildman–Crippen LogP) is 2.05. The second-order valence-electron chi connectivity index (χ2n) is 4.33. The van der Waals surface area contributed by atoms with Crippen molar-refractivity contribution in [2.24, 2.45) is 0 Å². The Morgan fingerprint density at radius 2 is 2.07 bits per heavy atom. The summed E-state index contributed by atoms with van der Waals surface area (Å²) in [4.78, 5) is 15.5. The van der Waals surface area contributed by atoms with Crippen LogP contribution in [0.25, 0.3) is 0 Å². The normalized spacial score (nSPS) is 11.2. The molecule has 1 N–H and O–H groups in total. The van der Waals surface area contributed by atoms with Crippen LogP contribution in [0, 0.1) is 6.92 Å². The van der Waals surface area contributed by atoms with Crippen molar-refractivity contribution in [2.75, 3.05) is 0 Å². The smallest absolute Gasteiger partial charge is 0.340 e. The molecule has 1 rings (SSSR count). The van der Waals surface area contributed by atoms with E-state index in [0.717, 1.165) is 0 Å². The third-order valence-corrected chi connectivity index (χ3v) is 1.69. The van der Waals surface area contributed by atoms with Crippen molar-refractivity contribution in [1.82, 2.24) is 4.98 Å². The van der Waals surface area contributed by atoms with Crippen LogP contribution in [-0.4, -0.2) is 21.7 Å². The quantitative estimate of drug-likeness (QED) is 0.719. The molecule has 0 radical (unpaired) electrons. The summed E-state index contributed by atoms with van der Waals surface area (Å²) < 4.78 is 5.17. The van der Waals surface area contributed by atoms with Crippen LogP contribution in [0.15, 0.2) is 12.3 Å². The maximum absolute atomic E-state index is 11.7. The van der Waals surface area contributed by atoms with Gasteiger partial charge in [0.2, 0.25) is 0 Å². The van der Waals surface area contributed by atoms with Crippen molar-refractivity contribution in [3.63, 3.8) is 0 Å². The Morgan fingerprint density at radius 3 is 2.60 bits per heavy atom. The number of rotatable bonds is 1. The van der Waals surface area contributed by atoms with Gasteiger partial charge in [0.05, 0.1) is 17.5 Å². The highest BCUT2D eigenvalue weighted by Gasteiger charge is 2.20. The zero-order valence-electron chi connectivity index (χ0n) is 9.37. The zero-order chi connectivity index (χ0) is 11.6. The summed E-state index contributed by atoms with van der Waals surface area (Å²) in [6, 6.07) is 1.36. The van der Waals surface area contributed by atoms with E-state index in [2.05, 4.69) is 4.98 Å². The summed E-state index contributed by atoms with van der Waals surface area (Å²) in [7, 11) is 0. The predicted molar refractivity (Wildman–Crippen MR) is 55.8 cm³/mol. The standard InChI is InChI=1S/C11H15NO3/c1-7-9(5-8(13)6-12-7)10(14)15-11(2,3)4/h5-6,13H,1-4H3. The first-order valence-corrected chi connectivity index (χ1v) is 4.68.